The Balaban J connectivity index is 2.11. The van der Waals surface area contributed by atoms with Gasteiger partial charge in [0, 0.05) is 19.3 Å². The fraction of sp³-hybridized carbons (Fsp3) is 0.222. The molecule has 0 N–H and O–H groups in total. The molecule has 0 radical (unpaired) electrons. The number of aromatic nitrogens is 3. The lowest BCUT2D eigenvalue weighted by Gasteiger charge is -2.09. The molecular formula is C18H18N4O4. The normalized spacial score (nSPS) is 10.7. The van der Waals surface area contributed by atoms with Crippen LogP contribution in [-0.4, -0.2) is 25.9 Å². The van der Waals surface area contributed by atoms with Gasteiger partial charge >= 0.3 is 5.82 Å². The highest BCUT2D eigenvalue weighted by Crippen LogP contribution is 2.34. The van der Waals surface area contributed by atoms with E-state index in [0.29, 0.717) is 30.0 Å². The molecule has 0 amide bonds. The highest BCUT2D eigenvalue weighted by Gasteiger charge is 2.25. The van der Waals surface area contributed by atoms with Gasteiger partial charge in [-0.25, -0.2) is 0 Å². The van der Waals surface area contributed by atoms with Gasteiger partial charge in [-0.3, -0.25) is 4.79 Å². The van der Waals surface area contributed by atoms with E-state index in [4.69, 9.17) is 4.74 Å². The van der Waals surface area contributed by atoms with Gasteiger partial charge < -0.3 is 19.4 Å². The molecule has 0 fully saturated rings. The molecular weight excluding hydrogens is 336 g/mol. The summed E-state index contributed by atoms with van der Waals surface area (Å²) >= 11 is 0. The Labute approximate surface area is 149 Å². The standard InChI is InChI=1S/C18H18N4O4/c1-3-26-16-9-17(23)20(2)11-14(16)15-12-21(19-18(15)22(24)25)10-13-7-5-4-6-8-13/h4-9,11-12H,3,10H2,1-2H3. The molecule has 2 heterocycles. The van der Waals surface area contributed by atoms with Crippen molar-refractivity contribution in [3.63, 3.8) is 0 Å². The Morgan fingerprint density at radius 1 is 1.19 bits per heavy atom. The molecule has 1 aromatic carbocycles. The van der Waals surface area contributed by atoms with Crippen LogP contribution in [0.2, 0.25) is 0 Å². The summed E-state index contributed by atoms with van der Waals surface area (Å²) in [7, 11) is 1.59. The van der Waals surface area contributed by atoms with E-state index in [-0.39, 0.29) is 11.4 Å². The van der Waals surface area contributed by atoms with Gasteiger partial charge in [-0.05, 0) is 17.4 Å². The number of rotatable bonds is 6. The lowest BCUT2D eigenvalue weighted by molar-refractivity contribution is -0.389. The van der Waals surface area contributed by atoms with Crippen molar-refractivity contribution >= 4 is 5.82 Å². The molecule has 3 rings (SSSR count). The number of aryl methyl sites for hydroxylation is 1. The minimum absolute atomic E-state index is 0.253. The molecule has 8 nitrogen and oxygen atoms in total. The summed E-state index contributed by atoms with van der Waals surface area (Å²) in [5, 5.41) is 15.6. The zero-order valence-corrected chi connectivity index (χ0v) is 14.5. The molecule has 0 bridgehead atoms. The first-order chi connectivity index (χ1) is 12.5. The van der Waals surface area contributed by atoms with E-state index in [1.54, 1.807) is 20.2 Å². The topological polar surface area (TPSA) is 92.2 Å². The van der Waals surface area contributed by atoms with E-state index in [2.05, 4.69) is 5.10 Å². The SMILES string of the molecule is CCOc1cc(=O)n(C)cc1-c1cn(Cc2ccccc2)nc1[N+](=O)[O-]. The van der Waals surface area contributed by atoms with Crippen LogP contribution < -0.4 is 10.3 Å². The zero-order chi connectivity index (χ0) is 18.7. The number of benzene rings is 1. The lowest BCUT2D eigenvalue weighted by atomic mass is 10.1. The van der Waals surface area contributed by atoms with Crippen molar-refractivity contribution < 1.29 is 9.66 Å². The number of hydrogen-bond acceptors (Lipinski definition) is 5. The van der Waals surface area contributed by atoms with E-state index in [1.165, 1.54) is 21.5 Å². The average molecular weight is 354 g/mol. The quantitative estimate of drug-likeness (QED) is 0.501. The third kappa shape index (κ3) is 3.49. The van der Waals surface area contributed by atoms with Crippen molar-refractivity contribution in [2.45, 2.75) is 13.5 Å². The summed E-state index contributed by atoms with van der Waals surface area (Å²) in [6.45, 7) is 2.53. The van der Waals surface area contributed by atoms with Crippen LogP contribution in [0.3, 0.4) is 0 Å². The Morgan fingerprint density at radius 3 is 2.58 bits per heavy atom. The minimum Gasteiger partial charge on any atom is -0.493 e. The molecule has 0 spiro atoms. The smallest absolute Gasteiger partial charge is 0.398 e. The fourth-order valence-corrected chi connectivity index (χ4v) is 2.68. The maximum absolute atomic E-state index is 11.9. The molecule has 0 saturated carbocycles. The number of nitrogens with zero attached hydrogens (tertiary/aromatic N) is 4. The zero-order valence-electron chi connectivity index (χ0n) is 14.5. The summed E-state index contributed by atoms with van der Waals surface area (Å²) in [6.07, 6.45) is 3.14. The van der Waals surface area contributed by atoms with E-state index in [9.17, 15) is 14.9 Å². The molecule has 0 unspecified atom stereocenters. The third-order valence-electron chi connectivity index (χ3n) is 3.88. The number of ether oxygens (including phenoxy) is 1. The molecule has 0 atom stereocenters. The first kappa shape index (κ1) is 17.4. The van der Waals surface area contributed by atoms with E-state index >= 15 is 0 Å². The van der Waals surface area contributed by atoms with Gasteiger partial charge in [-0.2, -0.15) is 4.68 Å². The molecule has 0 saturated heterocycles. The average Bonchev–Trinajstić information content (AvgIpc) is 3.03. The van der Waals surface area contributed by atoms with Crippen molar-refractivity contribution in [3.05, 3.63) is 74.8 Å². The van der Waals surface area contributed by atoms with Crippen molar-refractivity contribution in [3.8, 4) is 16.9 Å². The Kier molecular flexibility index (Phi) is 4.83. The van der Waals surface area contributed by atoms with Gasteiger partial charge in [0.25, 0.3) is 5.56 Å². The number of nitro groups is 1. The number of hydrogen-bond donors (Lipinski definition) is 0. The van der Waals surface area contributed by atoms with Crippen LogP contribution in [-0.2, 0) is 13.6 Å². The maximum atomic E-state index is 11.9. The van der Waals surface area contributed by atoms with Crippen LogP contribution in [0, 0.1) is 10.1 Å². The van der Waals surface area contributed by atoms with Crippen LogP contribution in [0.5, 0.6) is 5.75 Å². The van der Waals surface area contributed by atoms with Gasteiger partial charge in [-0.15, -0.1) is 0 Å². The van der Waals surface area contributed by atoms with Crippen LogP contribution in [0.15, 0.2) is 53.6 Å². The Bertz CT molecular complexity index is 992. The Morgan fingerprint density at radius 2 is 1.92 bits per heavy atom. The van der Waals surface area contributed by atoms with Crippen molar-refractivity contribution in [2.75, 3.05) is 6.61 Å². The fourth-order valence-electron chi connectivity index (χ4n) is 2.68. The van der Waals surface area contributed by atoms with Gasteiger partial charge in [0.05, 0.1) is 30.0 Å². The molecule has 8 heteroatoms. The van der Waals surface area contributed by atoms with E-state index in [0.717, 1.165) is 5.56 Å². The molecule has 0 aliphatic carbocycles. The van der Waals surface area contributed by atoms with E-state index < -0.39 is 4.92 Å². The largest absolute Gasteiger partial charge is 0.493 e. The van der Waals surface area contributed by atoms with Gasteiger partial charge in [0.2, 0.25) is 0 Å². The van der Waals surface area contributed by atoms with Crippen LogP contribution >= 0.6 is 0 Å². The van der Waals surface area contributed by atoms with Crippen molar-refractivity contribution in [1.82, 2.24) is 14.3 Å². The first-order valence-electron chi connectivity index (χ1n) is 8.09. The second kappa shape index (κ2) is 7.22. The van der Waals surface area contributed by atoms with Crippen LogP contribution in [0.4, 0.5) is 5.82 Å². The summed E-state index contributed by atoms with van der Waals surface area (Å²) in [6, 6.07) is 10.9. The number of pyridine rings is 1. The van der Waals surface area contributed by atoms with Crippen molar-refractivity contribution in [2.24, 2.45) is 7.05 Å². The van der Waals surface area contributed by atoms with Gasteiger partial charge in [0.1, 0.15) is 11.3 Å². The summed E-state index contributed by atoms with van der Waals surface area (Å²) in [4.78, 5) is 22.9. The van der Waals surface area contributed by atoms with Crippen LogP contribution in [0.25, 0.3) is 11.1 Å². The predicted molar refractivity (Wildman–Crippen MR) is 96.3 cm³/mol. The predicted octanol–water partition coefficient (Wildman–Crippen LogP) is 2.60. The third-order valence-corrected chi connectivity index (χ3v) is 3.88. The molecule has 0 aliphatic heterocycles. The highest BCUT2D eigenvalue weighted by atomic mass is 16.6. The summed E-state index contributed by atoms with van der Waals surface area (Å²) in [5.41, 5.74) is 1.49. The van der Waals surface area contributed by atoms with E-state index in [1.807, 2.05) is 30.3 Å². The molecule has 3 aromatic rings. The minimum atomic E-state index is -0.530. The summed E-state index contributed by atoms with van der Waals surface area (Å²) < 4.78 is 8.39. The second-order valence-corrected chi connectivity index (χ2v) is 5.74. The van der Waals surface area contributed by atoms with Gasteiger partial charge in [-0.1, -0.05) is 30.3 Å². The molecule has 2 aromatic heterocycles. The Hall–Kier alpha value is -3.42. The monoisotopic (exact) mass is 354 g/mol. The van der Waals surface area contributed by atoms with Crippen molar-refractivity contribution in [1.29, 1.82) is 0 Å². The molecule has 134 valence electrons. The molecule has 26 heavy (non-hydrogen) atoms. The maximum Gasteiger partial charge on any atom is 0.398 e. The lowest BCUT2D eigenvalue weighted by Crippen LogP contribution is -2.16. The van der Waals surface area contributed by atoms with Crippen LogP contribution in [0.1, 0.15) is 12.5 Å². The first-order valence-corrected chi connectivity index (χ1v) is 8.09. The van der Waals surface area contributed by atoms with Gasteiger partial charge in [0.15, 0.2) is 0 Å². The molecule has 0 aliphatic rings. The highest BCUT2D eigenvalue weighted by molar-refractivity contribution is 5.75. The second-order valence-electron chi connectivity index (χ2n) is 5.74. The summed E-state index contributed by atoms with van der Waals surface area (Å²) in [5.74, 6) is 0.0264.